The Morgan fingerprint density at radius 2 is 2.12 bits per heavy atom. The number of piperidine rings is 1. The third kappa shape index (κ3) is 1.47. The second-order valence-corrected chi connectivity index (χ2v) is 7.48. The Bertz CT molecular complexity index is 542. The van der Waals surface area contributed by atoms with Crippen LogP contribution in [-0.2, 0) is 9.84 Å². The summed E-state index contributed by atoms with van der Waals surface area (Å²) in [6.45, 7) is 2.72. The topological polar surface area (TPSA) is 46.2 Å². The van der Waals surface area contributed by atoms with Crippen molar-refractivity contribution in [2.45, 2.75) is 36.0 Å². The van der Waals surface area contributed by atoms with Crippen molar-refractivity contribution in [2.24, 2.45) is 5.92 Å². The summed E-state index contributed by atoms with van der Waals surface area (Å²) in [6.07, 6.45) is 2.58. The highest BCUT2D eigenvalue weighted by Crippen LogP contribution is 2.46. The van der Waals surface area contributed by atoms with Gasteiger partial charge in [-0.1, -0.05) is 18.2 Å². The van der Waals surface area contributed by atoms with Gasteiger partial charge in [0.05, 0.1) is 4.90 Å². The molecule has 1 aliphatic heterocycles. The van der Waals surface area contributed by atoms with Crippen molar-refractivity contribution in [3.05, 3.63) is 29.8 Å². The summed E-state index contributed by atoms with van der Waals surface area (Å²) in [4.78, 5) is -0.181. The lowest BCUT2D eigenvalue weighted by Crippen LogP contribution is -2.47. The second kappa shape index (κ2) is 3.56. The zero-order valence-corrected chi connectivity index (χ0v) is 10.8. The van der Waals surface area contributed by atoms with E-state index in [1.807, 2.05) is 19.1 Å². The molecule has 2 unspecified atom stereocenters. The maximum atomic E-state index is 12.8. The smallest absolute Gasteiger partial charge is 0.197 e. The maximum absolute atomic E-state index is 12.8. The molecule has 2 aliphatic rings. The minimum Gasteiger partial charge on any atom is -0.298 e. The van der Waals surface area contributed by atoms with Gasteiger partial charge < -0.3 is 0 Å². The van der Waals surface area contributed by atoms with Crippen LogP contribution in [0.1, 0.15) is 24.8 Å². The monoisotopic (exact) mass is 251 g/mol. The summed E-state index contributed by atoms with van der Waals surface area (Å²) in [5.74, 6) is 0.550. The van der Waals surface area contributed by atoms with Crippen LogP contribution in [0.5, 0.6) is 0 Å². The first-order valence-corrected chi connectivity index (χ1v) is 7.59. The molecule has 1 saturated heterocycles. The molecule has 1 heterocycles. The molecular weight excluding hydrogens is 234 g/mol. The van der Waals surface area contributed by atoms with Gasteiger partial charge in [0.15, 0.2) is 9.84 Å². The Balaban J connectivity index is 2.11. The first-order valence-electron chi connectivity index (χ1n) is 6.10. The van der Waals surface area contributed by atoms with Crippen molar-refractivity contribution in [1.82, 2.24) is 5.32 Å². The summed E-state index contributed by atoms with van der Waals surface area (Å²) >= 11 is 0. The fourth-order valence-corrected chi connectivity index (χ4v) is 5.47. The number of fused-ring (bicyclic) bond motifs is 2. The van der Waals surface area contributed by atoms with Gasteiger partial charge in [0.2, 0.25) is 0 Å². The van der Waals surface area contributed by atoms with Gasteiger partial charge in [-0.15, -0.1) is 0 Å². The van der Waals surface area contributed by atoms with Gasteiger partial charge >= 0.3 is 0 Å². The van der Waals surface area contributed by atoms with E-state index in [2.05, 4.69) is 5.32 Å². The zero-order valence-electron chi connectivity index (χ0n) is 9.94. The van der Waals surface area contributed by atoms with Crippen molar-refractivity contribution >= 4 is 9.84 Å². The van der Waals surface area contributed by atoms with Crippen molar-refractivity contribution in [3.63, 3.8) is 0 Å². The first kappa shape index (κ1) is 11.2. The molecule has 0 spiro atoms. The van der Waals surface area contributed by atoms with Crippen molar-refractivity contribution in [1.29, 1.82) is 0 Å². The Labute approximate surface area is 102 Å². The predicted octanol–water partition coefficient (Wildman–Crippen LogP) is 1.87. The van der Waals surface area contributed by atoms with Gasteiger partial charge in [0.25, 0.3) is 0 Å². The van der Waals surface area contributed by atoms with Gasteiger partial charge in [-0.25, -0.2) is 8.42 Å². The number of hydrogen-bond donors (Lipinski definition) is 1. The van der Waals surface area contributed by atoms with Crippen LogP contribution < -0.4 is 5.32 Å². The summed E-state index contributed by atoms with van der Waals surface area (Å²) in [7, 11) is -3.25. The van der Waals surface area contributed by atoms with Crippen LogP contribution in [-0.4, -0.2) is 19.8 Å². The largest absolute Gasteiger partial charge is 0.298 e. The lowest BCUT2D eigenvalue weighted by molar-refractivity contribution is 0.447. The van der Waals surface area contributed by atoms with Gasteiger partial charge in [-0.05, 0) is 50.3 Å². The molecule has 1 saturated carbocycles. The van der Waals surface area contributed by atoms with Crippen LogP contribution in [0.3, 0.4) is 0 Å². The van der Waals surface area contributed by atoms with E-state index in [-0.39, 0.29) is 0 Å². The highest BCUT2D eigenvalue weighted by molar-refractivity contribution is 7.92. The normalized spacial score (nSPS) is 31.9. The average Bonchev–Trinajstić information content (AvgIpc) is 2.91. The molecule has 92 valence electrons. The third-order valence-electron chi connectivity index (χ3n) is 4.19. The van der Waals surface area contributed by atoms with E-state index in [4.69, 9.17) is 0 Å². The molecule has 0 aromatic heterocycles. The number of rotatable bonds is 2. The fraction of sp³-hybridized carbons (Fsp3) is 0.538. The van der Waals surface area contributed by atoms with Gasteiger partial charge in [0, 0.05) is 0 Å². The van der Waals surface area contributed by atoms with Gasteiger partial charge in [-0.3, -0.25) is 5.32 Å². The van der Waals surface area contributed by atoms with Crippen LogP contribution in [0.25, 0.3) is 0 Å². The lowest BCUT2D eigenvalue weighted by Gasteiger charge is -2.28. The summed E-state index contributed by atoms with van der Waals surface area (Å²) in [6, 6.07) is 7.28. The van der Waals surface area contributed by atoms with E-state index in [1.54, 1.807) is 12.1 Å². The average molecular weight is 251 g/mol. The maximum Gasteiger partial charge on any atom is 0.197 e. The molecule has 2 atom stereocenters. The number of hydrogen-bond acceptors (Lipinski definition) is 3. The van der Waals surface area contributed by atoms with E-state index in [0.717, 1.165) is 31.4 Å². The highest BCUT2D eigenvalue weighted by Gasteiger charge is 2.54. The van der Waals surface area contributed by atoms with Crippen LogP contribution in [0.15, 0.2) is 29.2 Å². The molecule has 1 aliphatic carbocycles. The highest BCUT2D eigenvalue weighted by atomic mass is 32.2. The molecular formula is C13H17NO2S. The van der Waals surface area contributed by atoms with Gasteiger partial charge in [0.1, 0.15) is 4.87 Å². The van der Waals surface area contributed by atoms with Crippen LogP contribution in [0, 0.1) is 12.8 Å². The standard InChI is InChI=1S/C13H17NO2S/c1-10-4-2-3-5-12(10)17(15,16)13-7-6-11(8-13)9-14-13/h2-5,11,14H,6-9H2,1H3. The molecule has 2 bridgehead atoms. The summed E-state index contributed by atoms with van der Waals surface area (Å²) < 4.78 is 25.5. The van der Waals surface area contributed by atoms with E-state index in [1.165, 1.54) is 0 Å². The third-order valence-corrected chi connectivity index (χ3v) is 6.77. The molecule has 3 rings (SSSR count). The number of benzene rings is 1. The Kier molecular flexibility index (Phi) is 2.35. The molecule has 1 N–H and O–H groups in total. The molecule has 0 radical (unpaired) electrons. The zero-order chi connectivity index (χ0) is 12.1. The molecule has 0 amide bonds. The number of nitrogens with one attached hydrogen (secondary N) is 1. The molecule has 4 heteroatoms. The van der Waals surface area contributed by atoms with Crippen molar-refractivity contribution in [2.75, 3.05) is 6.54 Å². The number of aryl methyl sites for hydroxylation is 1. The van der Waals surface area contributed by atoms with Crippen LogP contribution >= 0.6 is 0 Å². The van der Waals surface area contributed by atoms with E-state index < -0.39 is 14.7 Å². The fourth-order valence-electron chi connectivity index (χ4n) is 3.18. The predicted molar refractivity (Wildman–Crippen MR) is 66.4 cm³/mol. The minimum absolute atomic E-state index is 0.495. The number of sulfone groups is 1. The molecule has 17 heavy (non-hydrogen) atoms. The first-order chi connectivity index (χ1) is 8.05. The van der Waals surface area contributed by atoms with E-state index >= 15 is 0 Å². The minimum atomic E-state index is -3.25. The molecule has 1 aromatic rings. The molecule has 2 fully saturated rings. The van der Waals surface area contributed by atoms with Gasteiger partial charge in [-0.2, -0.15) is 0 Å². The van der Waals surface area contributed by atoms with E-state index in [0.29, 0.717) is 10.8 Å². The summed E-state index contributed by atoms with van der Waals surface area (Å²) in [5, 5.41) is 3.25. The lowest BCUT2D eigenvalue weighted by atomic mass is 10.1. The SMILES string of the molecule is Cc1ccccc1S(=O)(=O)C12CCC(CN1)C2. The van der Waals surface area contributed by atoms with Crippen LogP contribution in [0.2, 0.25) is 0 Å². The van der Waals surface area contributed by atoms with Crippen molar-refractivity contribution < 1.29 is 8.42 Å². The Morgan fingerprint density at radius 3 is 2.65 bits per heavy atom. The Morgan fingerprint density at radius 1 is 1.35 bits per heavy atom. The quantitative estimate of drug-likeness (QED) is 0.873. The Hall–Kier alpha value is -0.870. The van der Waals surface area contributed by atoms with Crippen LogP contribution in [0.4, 0.5) is 0 Å². The summed E-state index contributed by atoms with van der Waals surface area (Å²) in [5.41, 5.74) is 0.846. The van der Waals surface area contributed by atoms with E-state index in [9.17, 15) is 8.42 Å². The van der Waals surface area contributed by atoms with Crippen molar-refractivity contribution in [3.8, 4) is 0 Å². The molecule has 1 aromatic carbocycles. The second-order valence-electron chi connectivity index (χ2n) is 5.25. The molecule has 3 nitrogen and oxygen atoms in total.